The highest BCUT2D eigenvalue weighted by Crippen LogP contribution is 2.31. The lowest BCUT2D eigenvalue weighted by Crippen LogP contribution is -2.30. The van der Waals surface area contributed by atoms with Crippen LogP contribution in [0.25, 0.3) is 11.0 Å². The predicted molar refractivity (Wildman–Crippen MR) is 133 cm³/mol. The Bertz CT molecular complexity index is 1190. The predicted octanol–water partition coefficient (Wildman–Crippen LogP) is 5.30. The number of thioether (sulfide) groups is 1. The average Bonchev–Trinajstić information content (AvgIpc) is 3.41. The van der Waals surface area contributed by atoms with Gasteiger partial charge in [0.25, 0.3) is 0 Å². The highest BCUT2D eigenvalue weighted by molar-refractivity contribution is 9.10. The molecule has 9 heteroatoms. The van der Waals surface area contributed by atoms with Gasteiger partial charge < -0.3 is 9.30 Å². The number of sulfonamides is 1. The van der Waals surface area contributed by atoms with Gasteiger partial charge in [-0.15, -0.1) is 0 Å². The summed E-state index contributed by atoms with van der Waals surface area (Å²) in [5.41, 5.74) is 2.84. The van der Waals surface area contributed by atoms with E-state index in [1.807, 2.05) is 32.0 Å². The smallest absolute Gasteiger partial charge is 0.243 e. The van der Waals surface area contributed by atoms with Crippen LogP contribution in [0.4, 0.5) is 0 Å². The fourth-order valence-electron chi connectivity index (χ4n) is 4.01. The molecule has 3 aromatic rings. The van der Waals surface area contributed by atoms with E-state index in [-0.39, 0.29) is 6.10 Å². The Morgan fingerprint density at radius 3 is 2.72 bits per heavy atom. The van der Waals surface area contributed by atoms with Crippen molar-refractivity contribution in [2.75, 3.05) is 19.7 Å². The van der Waals surface area contributed by atoms with Gasteiger partial charge in [0.1, 0.15) is 0 Å². The standard InChI is InChI=1S/C23H28BrN3O3S2/c1-3-26(4-2)32(28,29)20-10-11-22-21(14-20)25-23(27(22)15-19-9-6-12-30-19)31-16-17-7-5-8-18(24)13-17/h5,7-8,10-11,13-14,19H,3-4,6,9,12,15-16H2,1-2H3. The molecule has 2 heterocycles. The summed E-state index contributed by atoms with van der Waals surface area (Å²) in [6.07, 6.45) is 2.27. The number of benzene rings is 2. The molecule has 1 fully saturated rings. The van der Waals surface area contributed by atoms with Crippen molar-refractivity contribution in [2.45, 2.75) is 55.1 Å². The number of fused-ring (bicyclic) bond motifs is 1. The first-order chi connectivity index (χ1) is 15.4. The number of ether oxygens (including phenoxy) is 1. The molecule has 1 saturated heterocycles. The third-order valence-corrected chi connectivity index (χ3v) is 9.28. The number of hydrogen-bond acceptors (Lipinski definition) is 5. The van der Waals surface area contributed by atoms with Crippen molar-refractivity contribution in [3.05, 3.63) is 52.5 Å². The number of nitrogens with zero attached hydrogens (tertiary/aromatic N) is 3. The highest BCUT2D eigenvalue weighted by Gasteiger charge is 2.24. The zero-order chi connectivity index (χ0) is 22.7. The average molecular weight is 539 g/mol. The van der Waals surface area contributed by atoms with Crippen LogP contribution < -0.4 is 0 Å². The van der Waals surface area contributed by atoms with Gasteiger partial charge in [0.05, 0.1) is 28.6 Å². The van der Waals surface area contributed by atoms with Crippen LogP contribution in [-0.2, 0) is 27.1 Å². The quantitative estimate of drug-likeness (QED) is 0.346. The monoisotopic (exact) mass is 537 g/mol. The maximum Gasteiger partial charge on any atom is 0.243 e. The van der Waals surface area contributed by atoms with Crippen molar-refractivity contribution in [2.24, 2.45) is 0 Å². The number of aromatic nitrogens is 2. The minimum Gasteiger partial charge on any atom is -0.376 e. The van der Waals surface area contributed by atoms with E-state index in [1.165, 1.54) is 9.87 Å². The van der Waals surface area contributed by atoms with E-state index in [0.717, 1.165) is 46.9 Å². The second-order valence-corrected chi connectivity index (χ2v) is 11.6. The molecule has 32 heavy (non-hydrogen) atoms. The van der Waals surface area contributed by atoms with E-state index in [2.05, 4.69) is 32.6 Å². The van der Waals surface area contributed by atoms with Gasteiger partial charge in [-0.25, -0.2) is 13.4 Å². The summed E-state index contributed by atoms with van der Waals surface area (Å²) in [6.45, 7) is 6.11. The number of halogens is 1. The minimum atomic E-state index is -3.53. The van der Waals surface area contributed by atoms with E-state index in [1.54, 1.807) is 23.9 Å². The molecule has 1 atom stereocenters. The summed E-state index contributed by atoms with van der Waals surface area (Å²) in [4.78, 5) is 5.14. The SMILES string of the molecule is CCN(CC)S(=O)(=O)c1ccc2c(c1)nc(SCc1cccc(Br)c1)n2CC1CCCO1. The zero-order valence-corrected chi connectivity index (χ0v) is 21.5. The summed E-state index contributed by atoms with van der Waals surface area (Å²) < 4.78 is 36.6. The van der Waals surface area contributed by atoms with Crippen molar-refractivity contribution >= 4 is 48.7 Å². The van der Waals surface area contributed by atoms with Crippen LogP contribution in [-0.4, -0.2) is 48.1 Å². The van der Waals surface area contributed by atoms with Crippen LogP contribution in [0.3, 0.4) is 0 Å². The molecule has 0 amide bonds. The van der Waals surface area contributed by atoms with Crippen LogP contribution >= 0.6 is 27.7 Å². The third-order valence-electron chi connectivity index (χ3n) is 5.70. The van der Waals surface area contributed by atoms with Gasteiger partial charge >= 0.3 is 0 Å². The van der Waals surface area contributed by atoms with Crippen molar-refractivity contribution in [1.29, 1.82) is 0 Å². The lowest BCUT2D eigenvalue weighted by Gasteiger charge is -2.18. The number of rotatable bonds is 9. The van der Waals surface area contributed by atoms with Gasteiger partial charge in [-0.1, -0.05) is 53.7 Å². The molecule has 1 aliphatic heterocycles. The van der Waals surface area contributed by atoms with Gasteiger partial charge in [-0.2, -0.15) is 4.31 Å². The summed E-state index contributed by atoms with van der Waals surface area (Å²) in [6, 6.07) is 13.5. The molecule has 0 spiro atoms. The molecule has 0 radical (unpaired) electrons. The molecule has 0 N–H and O–H groups in total. The largest absolute Gasteiger partial charge is 0.376 e. The lowest BCUT2D eigenvalue weighted by molar-refractivity contribution is 0.0960. The number of imidazole rings is 1. The van der Waals surface area contributed by atoms with Gasteiger partial charge in [0, 0.05) is 29.9 Å². The van der Waals surface area contributed by atoms with Crippen molar-refractivity contribution in [3.63, 3.8) is 0 Å². The Labute approximate surface area is 202 Å². The summed E-state index contributed by atoms with van der Waals surface area (Å²) in [5.74, 6) is 0.777. The molecule has 4 rings (SSSR count). The van der Waals surface area contributed by atoms with Crippen LogP contribution in [0.2, 0.25) is 0 Å². The molecule has 0 aliphatic carbocycles. The second kappa shape index (κ2) is 10.3. The minimum absolute atomic E-state index is 0.164. The Morgan fingerprint density at radius 1 is 1.22 bits per heavy atom. The molecule has 1 aliphatic rings. The van der Waals surface area contributed by atoms with Gasteiger partial charge in [0.15, 0.2) is 5.16 Å². The van der Waals surface area contributed by atoms with Crippen molar-refractivity contribution in [1.82, 2.24) is 13.9 Å². The highest BCUT2D eigenvalue weighted by atomic mass is 79.9. The van der Waals surface area contributed by atoms with Crippen LogP contribution in [0, 0.1) is 0 Å². The van der Waals surface area contributed by atoms with Crippen molar-refractivity contribution in [3.8, 4) is 0 Å². The summed E-state index contributed by atoms with van der Waals surface area (Å²) in [7, 11) is -3.53. The fourth-order valence-corrected chi connectivity index (χ4v) is 6.91. The normalized spacial score (nSPS) is 16.9. The molecule has 172 valence electrons. The third kappa shape index (κ3) is 5.07. The maximum atomic E-state index is 13.0. The second-order valence-electron chi connectivity index (χ2n) is 7.80. The number of hydrogen-bond donors (Lipinski definition) is 0. The van der Waals surface area contributed by atoms with E-state index < -0.39 is 10.0 Å². The first kappa shape index (κ1) is 23.8. The Hall–Kier alpha value is -1.39. The maximum absolute atomic E-state index is 13.0. The van der Waals surface area contributed by atoms with Crippen LogP contribution in [0.5, 0.6) is 0 Å². The molecule has 1 unspecified atom stereocenters. The first-order valence-electron chi connectivity index (χ1n) is 10.9. The van der Waals surface area contributed by atoms with E-state index in [4.69, 9.17) is 9.72 Å². The van der Waals surface area contributed by atoms with Gasteiger partial charge in [-0.05, 0) is 48.7 Å². The summed E-state index contributed by atoms with van der Waals surface area (Å²) >= 11 is 5.19. The summed E-state index contributed by atoms with van der Waals surface area (Å²) in [5, 5.41) is 0.882. The van der Waals surface area contributed by atoms with Gasteiger partial charge in [-0.3, -0.25) is 0 Å². The molecule has 6 nitrogen and oxygen atoms in total. The van der Waals surface area contributed by atoms with E-state index >= 15 is 0 Å². The topological polar surface area (TPSA) is 64.4 Å². The van der Waals surface area contributed by atoms with E-state index in [0.29, 0.717) is 23.5 Å². The Morgan fingerprint density at radius 2 is 2.03 bits per heavy atom. The van der Waals surface area contributed by atoms with E-state index in [9.17, 15) is 8.42 Å². The molecular weight excluding hydrogens is 510 g/mol. The molecule has 1 aromatic heterocycles. The Kier molecular flexibility index (Phi) is 7.62. The first-order valence-corrected chi connectivity index (χ1v) is 14.1. The van der Waals surface area contributed by atoms with Crippen molar-refractivity contribution < 1.29 is 13.2 Å². The zero-order valence-electron chi connectivity index (χ0n) is 18.3. The fraction of sp³-hybridized carbons (Fsp3) is 0.435. The van der Waals surface area contributed by atoms with Crippen LogP contribution in [0.1, 0.15) is 32.3 Å². The molecular formula is C23H28BrN3O3S2. The molecule has 0 saturated carbocycles. The molecule has 2 aromatic carbocycles. The van der Waals surface area contributed by atoms with Gasteiger partial charge in [0.2, 0.25) is 10.0 Å². The molecule has 0 bridgehead atoms. The van der Waals surface area contributed by atoms with Crippen LogP contribution in [0.15, 0.2) is 57.0 Å². The Balaban J connectivity index is 1.70. The lowest BCUT2D eigenvalue weighted by atomic mass is 10.2.